The summed E-state index contributed by atoms with van der Waals surface area (Å²) < 4.78 is 5.18. The third-order valence-electron chi connectivity index (χ3n) is 3.92. The summed E-state index contributed by atoms with van der Waals surface area (Å²) in [6.45, 7) is 0. The SMILES string of the molecule is COc1ccc(CSc2ccc(C3=CCCCC3)nc2)cc1. The van der Waals surface area contributed by atoms with E-state index in [0.717, 1.165) is 17.2 Å². The van der Waals surface area contributed by atoms with Crippen LogP contribution in [0, 0.1) is 0 Å². The Kier molecular flexibility index (Phi) is 5.17. The molecule has 0 atom stereocenters. The number of hydrogen-bond acceptors (Lipinski definition) is 3. The van der Waals surface area contributed by atoms with Gasteiger partial charge < -0.3 is 4.74 Å². The summed E-state index contributed by atoms with van der Waals surface area (Å²) in [5.74, 6) is 1.86. The highest BCUT2D eigenvalue weighted by Gasteiger charge is 2.07. The first-order valence-electron chi connectivity index (χ1n) is 7.76. The van der Waals surface area contributed by atoms with E-state index in [1.54, 1.807) is 7.11 Å². The summed E-state index contributed by atoms with van der Waals surface area (Å²) in [5.41, 5.74) is 3.86. The van der Waals surface area contributed by atoms with Gasteiger partial charge in [0, 0.05) is 16.8 Å². The van der Waals surface area contributed by atoms with Gasteiger partial charge in [-0.3, -0.25) is 4.98 Å². The number of aromatic nitrogens is 1. The molecule has 1 aliphatic rings. The number of pyridine rings is 1. The fourth-order valence-electron chi connectivity index (χ4n) is 2.61. The van der Waals surface area contributed by atoms with Gasteiger partial charge in [0.05, 0.1) is 12.8 Å². The Hall–Kier alpha value is -1.74. The fraction of sp³-hybridized carbons (Fsp3) is 0.316. The van der Waals surface area contributed by atoms with Crippen molar-refractivity contribution in [1.29, 1.82) is 0 Å². The molecule has 0 bridgehead atoms. The van der Waals surface area contributed by atoms with Gasteiger partial charge in [0.2, 0.25) is 0 Å². The highest BCUT2D eigenvalue weighted by molar-refractivity contribution is 7.98. The number of thioether (sulfide) groups is 1. The standard InChI is InChI=1S/C19H21NOS/c1-21-17-9-7-15(8-10-17)14-22-18-11-12-19(20-13-18)16-5-3-2-4-6-16/h5,7-13H,2-4,6,14H2,1H3. The molecule has 0 fully saturated rings. The first-order chi connectivity index (χ1) is 10.8. The fourth-order valence-corrected chi connectivity index (χ4v) is 3.43. The zero-order chi connectivity index (χ0) is 15.2. The van der Waals surface area contributed by atoms with Crippen molar-refractivity contribution in [3.05, 3.63) is 59.9 Å². The third kappa shape index (κ3) is 3.92. The number of rotatable bonds is 5. The van der Waals surface area contributed by atoms with Crippen molar-refractivity contribution in [2.75, 3.05) is 7.11 Å². The molecule has 0 radical (unpaired) electrons. The summed E-state index contributed by atoms with van der Waals surface area (Å²) >= 11 is 1.82. The summed E-state index contributed by atoms with van der Waals surface area (Å²) in [6, 6.07) is 12.6. The van der Waals surface area contributed by atoms with Crippen molar-refractivity contribution in [2.24, 2.45) is 0 Å². The number of benzene rings is 1. The van der Waals surface area contributed by atoms with Crippen molar-refractivity contribution < 1.29 is 4.74 Å². The normalized spacial score (nSPS) is 14.5. The quantitative estimate of drug-likeness (QED) is 0.696. The average Bonchev–Trinajstić information content (AvgIpc) is 2.61. The lowest BCUT2D eigenvalue weighted by atomic mass is 9.97. The molecule has 3 rings (SSSR count). The molecule has 0 spiro atoms. The summed E-state index contributed by atoms with van der Waals surface area (Å²) in [4.78, 5) is 5.85. The van der Waals surface area contributed by atoms with Gasteiger partial charge in [-0.15, -0.1) is 11.8 Å². The molecule has 1 aromatic carbocycles. The van der Waals surface area contributed by atoms with E-state index in [9.17, 15) is 0 Å². The van der Waals surface area contributed by atoms with E-state index in [0.29, 0.717) is 0 Å². The zero-order valence-corrected chi connectivity index (χ0v) is 13.7. The second-order valence-electron chi connectivity index (χ2n) is 5.49. The van der Waals surface area contributed by atoms with Crippen LogP contribution in [0.1, 0.15) is 36.9 Å². The topological polar surface area (TPSA) is 22.1 Å². The van der Waals surface area contributed by atoms with Gasteiger partial charge in [-0.1, -0.05) is 18.2 Å². The molecule has 114 valence electrons. The maximum atomic E-state index is 5.18. The van der Waals surface area contributed by atoms with Gasteiger partial charge in [-0.05, 0) is 61.1 Å². The Labute approximate surface area is 136 Å². The largest absolute Gasteiger partial charge is 0.497 e. The molecular formula is C19H21NOS. The van der Waals surface area contributed by atoms with Crippen LogP contribution < -0.4 is 4.74 Å². The number of nitrogens with zero attached hydrogens (tertiary/aromatic N) is 1. The Morgan fingerprint density at radius 2 is 1.95 bits per heavy atom. The Balaban J connectivity index is 1.59. The van der Waals surface area contributed by atoms with Crippen LogP contribution in [0.5, 0.6) is 5.75 Å². The van der Waals surface area contributed by atoms with Gasteiger partial charge in [-0.25, -0.2) is 0 Å². The van der Waals surface area contributed by atoms with Crippen LogP contribution in [0.15, 0.2) is 53.6 Å². The molecule has 2 nitrogen and oxygen atoms in total. The Bertz CT molecular complexity index is 631. The maximum absolute atomic E-state index is 5.18. The lowest BCUT2D eigenvalue weighted by Crippen LogP contribution is -1.94. The lowest BCUT2D eigenvalue weighted by Gasteiger charge is -2.12. The smallest absolute Gasteiger partial charge is 0.118 e. The predicted octanol–water partition coefficient (Wildman–Crippen LogP) is 5.34. The molecule has 0 amide bonds. The van der Waals surface area contributed by atoms with Crippen LogP contribution in [0.3, 0.4) is 0 Å². The average molecular weight is 311 g/mol. The zero-order valence-electron chi connectivity index (χ0n) is 12.9. The van der Waals surface area contributed by atoms with Crippen LogP contribution in [-0.2, 0) is 5.75 Å². The minimum atomic E-state index is 0.903. The van der Waals surface area contributed by atoms with Crippen molar-refractivity contribution in [1.82, 2.24) is 4.98 Å². The van der Waals surface area contributed by atoms with Crippen LogP contribution >= 0.6 is 11.8 Å². The minimum Gasteiger partial charge on any atom is -0.497 e. The molecular weight excluding hydrogens is 290 g/mol. The number of ether oxygens (including phenoxy) is 1. The Morgan fingerprint density at radius 3 is 2.59 bits per heavy atom. The summed E-state index contributed by atoms with van der Waals surface area (Å²) in [6.07, 6.45) is 9.33. The summed E-state index contributed by atoms with van der Waals surface area (Å²) in [7, 11) is 1.69. The first-order valence-corrected chi connectivity index (χ1v) is 8.75. The molecule has 1 aromatic heterocycles. The van der Waals surface area contributed by atoms with E-state index in [-0.39, 0.29) is 0 Å². The van der Waals surface area contributed by atoms with E-state index in [1.165, 1.54) is 41.7 Å². The number of allylic oxidation sites excluding steroid dienone is 2. The third-order valence-corrected chi connectivity index (χ3v) is 4.97. The lowest BCUT2D eigenvalue weighted by molar-refractivity contribution is 0.414. The molecule has 3 heteroatoms. The molecule has 0 N–H and O–H groups in total. The second-order valence-corrected chi connectivity index (χ2v) is 6.54. The molecule has 1 heterocycles. The van der Waals surface area contributed by atoms with E-state index < -0.39 is 0 Å². The van der Waals surface area contributed by atoms with Gasteiger partial charge in [0.1, 0.15) is 5.75 Å². The maximum Gasteiger partial charge on any atom is 0.118 e. The number of methoxy groups -OCH3 is 1. The van der Waals surface area contributed by atoms with Gasteiger partial charge >= 0.3 is 0 Å². The van der Waals surface area contributed by atoms with E-state index >= 15 is 0 Å². The molecule has 0 unspecified atom stereocenters. The number of hydrogen-bond donors (Lipinski definition) is 0. The van der Waals surface area contributed by atoms with Crippen molar-refractivity contribution in [3.8, 4) is 5.75 Å². The van der Waals surface area contributed by atoms with Crippen molar-refractivity contribution in [3.63, 3.8) is 0 Å². The molecule has 0 aliphatic heterocycles. The van der Waals surface area contributed by atoms with Gasteiger partial charge in [0.15, 0.2) is 0 Å². The van der Waals surface area contributed by atoms with Crippen LogP contribution in [0.25, 0.3) is 5.57 Å². The van der Waals surface area contributed by atoms with Gasteiger partial charge in [-0.2, -0.15) is 0 Å². The molecule has 1 aliphatic carbocycles. The van der Waals surface area contributed by atoms with Gasteiger partial charge in [0.25, 0.3) is 0 Å². The summed E-state index contributed by atoms with van der Waals surface area (Å²) in [5, 5.41) is 0. The Morgan fingerprint density at radius 1 is 1.09 bits per heavy atom. The molecule has 22 heavy (non-hydrogen) atoms. The van der Waals surface area contributed by atoms with Crippen LogP contribution in [0.2, 0.25) is 0 Å². The molecule has 0 saturated heterocycles. The monoisotopic (exact) mass is 311 g/mol. The van der Waals surface area contributed by atoms with E-state index in [4.69, 9.17) is 4.74 Å². The minimum absolute atomic E-state index is 0.903. The van der Waals surface area contributed by atoms with E-state index in [2.05, 4.69) is 35.3 Å². The molecule has 0 saturated carbocycles. The van der Waals surface area contributed by atoms with E-state index in [1.807, 2.05) is 30.1 Å². The highest BCUT2D eigenvalue weighted by Crippen LogP contribution is 2.28. The first kappa shape index (κ1) is 15.2. The van der Waals surface area contributed by atoms with Crippen molar-refractivity contribution >= 4 is 17.3 Å². The predicted molar refractivity (Wildman–Crippen MR) is 93.2 cm³/mol. The van der Waals surface area contributed by atoms with Crippen LogP contribution in [-0.4, -0.2) is 12.1 Å². The van der Waals surface area contributed by atoms with Crippen molar-refractivity contribution in [2.45, 2.75) is 36.3 Å². The van der Waals surface area contributed by atoms with Crippen LogP contribution in [0.4, 0.5) is 0 Å². The molecule has 2 aromatic rings. The highest BCUT2D eigenvalue weighted by atomic mass is 32.2. The second kappa shape index (κ2) is 7.50.